The van der Waals surface area contributed by atoms with Crippen LogP contribution in [0.4, 0.5) is 4.79 Å². The molecule has 0 spiro atoms. The van der Waals surface area contributed by atoms with Crippen molar-refractivity contribution in [2.24, 2.45) is 11.3 Å². The molecule has 14 nitrogen and oxygen atoms in total. The molecule has 0 bridgehead atoms. The molecule has 54 heavy (non-hydrogen) atoms. The van der Waals surface area contributed by atoms with Crippen molar-refractivity contribution in [3.63, 3.8) is 0 Å². The number of ether oxygens (including phenoxy) is 2. The Labute approximate surface area is 315 Å². The van der Waals surface area contributed by atoms with Gasteiger partial charge in [-0.2, -0.15) is 0 Å². The summed E-state index contributed by atoms with van der Waals surface area (Å²) in [6, 6.07) is 10.9. The second-order valence-electron chi connectivity index (χ2n) is 16.4. The SMILES string of the molecule is C=C[C@@H]1C[C@]1(NC(=O)[C@@H]1C[C@@H](Oc2nc(-c3ccncc3)cc3ccccc23)CN1C(=O)[C@@H](NC(=O)OC(C)(C)C)C(C)(C)C)C(=O)NS(=O)(=O)C1CC1. The van der Waals surface area contributed by atoms with Gasteiger partial charge in [0.1, 0.15) is 29.3 Å². The first-order valence-corrected chi connectivity index (χ1v) is 19.6. The predicted molar refractivity (Wildman–Crippen MR) is 201 cm³/mol. The summed E-state index contributed by atoms with van der Waals surface area (Å²) in [6.45, 7) is 14.2. The number of carbonyl (C=O) groups is 4. The Morgan fingerprint density at radius 1 is 1.04 bits per heavy atom. The number of fused-ring (bicyclic) bond motifs is 1. The number of aromatic nitrogens is 2. The average Bonchev–Trinajstić information content (AvgIpc) is 4.03. The first-order valence-electron chi connectivity index (χ1n) is 18.1. The Morgan fingerprint density at radius 3 is 2.33 bits per heavy atom. The van der Waals surface area contributed by atoms with Crippen LogP contribution < -0.4 is 20.1 Å². The molecule has 3 aliphatic rings. The van der Waals surface area contributed by atoms with Crippen molar-refractivity contribution in [3.05, 3.63) is 67.5 Å². The zero-order chi connectivity index (χ0) is 39.2. The van der Waals surface area contributed by atoms with Gasteiger partial charge in [0.2, 0.25) is 27.7 Å². The van der Waals surface area contributed by atoms with Crippen molar-refractivity contribution in [2.75, 3.05) is 6.54 Å². The maximum Gasteiger partial charge on any atom is 0.408 e. The molecule has 3 fully saturated rings. The summed E-state index contributed by atoms with van der Waals surface area (Å²) in [5.74, 6) is -2.32. The normalized spacial score (nSPS) is 23.2. The monoisotopic (exact) mass is 760 g/mol. The molecule has 3 heterocycles. The number of hydrogen-bond acceptors (Lipinski definition) is 10. The van der Waals surface area contributed by atoms with Crippen LogP contribution in [0.5, 0.6) is 5.88 Å². The smallest absolute Gasteiger partial charge is 0.408 e. The van der Waals surface area contributed by atoms with Crippen LogP contribution >= 0.6 is 0 Å². The molecule has 2 aromatic heterocycles. The molecule has 5 atom stereocenters. The quantitative estimate of drug-likeness (QED) is 0.239. The van der Waals surface area contributed by atoms with E-state index in [2.05, 4.69) is 26.9 Å². The third-order valence-corrected chi connectivity index (χ3v) is 11.7. The van der Waals surface area contributed by atoms with E-state index in [9.17, 15) is 27.6 Å². The highest BCUT2D eigenvalue weighted by Crippen LogP contribution is 2.45. The summed E-state index contributed by atoms with van der Waals surface area (Å²) in [5, 5.41) is 6.45. The lowest BCUT2D eigenvalue weighted by Gasteiger charge is -2.36. The van der Waals surface area contributed by atoms with Crippen molar-refractivity contribution in [1.82, 2.24) is 30.2 Å². The van der Waals surface area contributed by atoms with E-state index in [4.69, 9.17) is 14.5 Å². The Kier molecular flexibility index (Phi) is 10.2. The van der Waals surface area contributed by atoms with E-state index >= 15 is 0 Å². The zero-order valence-corrected chi connectivity index (χ0v) is 32.2. The summed E-state index contributed by atoms with van der Waals surface area (Å²) < 4.78 is 39.7. The predicted octanol–water partition coefficient (Wildman–Crippen LogP) is 4.25. The minimum Gasteiger partial charge on any atom is -0.472 e. The Bertz CT molecular complexity index is 2080. The largest absolute Gasteiger partial charge is 0.472 e. The van der Waals surface area contributed by atoms with Crippen LogP contribution in [0.15, 0.2) is 67.5 Å². The van der Waals surface area contributed by atoms with Gasteiger partial charge >= 0.3 is 6.09 Å². The van der Waals surface area contributed by atoms with Crippen LogP contribution in [0.2, 0.25) is 0 Å². The fourth-order valence-electron chi connectivity index (χ4n) is 6.72. The van der Waals surface area contributed by atoms with E-state index in [-0.39, 0.29) is 19.4 Å². The molecule has 3 aromatic rings. The van der Waals surface area contributed by atoms with Gasteiger partial charge in [0.15, 0.2) is 0 Å². The van der Waals surface area contributed by atoms with E-state index in [1.807, 2.05) is 42.5 Å². The summed E-state index contributed by atoms with van der Waals surface area (Å²) in [4.78, 5) is 65.8. The number of amides is 4. The molecule has 2 saturated carbocycles. The Balaban J connectivity index is 1.33. The Morgan fingerprint density at radius 2 is 1.72 bits per heavy atom. The molecule has 1 aliphatic heterocycles. The minimum atomic E-state index is -3.91. The summed E-state index contributed by atoms with van der Waals surface area (Å²) in [5.41, 5.74) is -1.77. The van der Waals surface area contributed by atoms with Gasteiger partial charge in [0.25, 0.3) is 5.91 Å². The topological polar surface area (TPSA) is 186 Å². The van der Waals surface area contributed by atoms with E-state index in [0.29, 0.717) is 24.4 Å². The lowest BCUT2D eigenvalue weighted by molar-refractivity contribution is -0.143. The van der Waals surface area contributed by atoms with Gasteiger partial charge in [-0.3, -0.25) is 24.1 Å². The summed E-state index contributed by atoms with van der Waals surface area (Å²) in [7, 11) is -3.91. The third kappa shape index (κ3) is 8.35. The average molecular weight is 761 g/mol. The highest BCUT2D eigenvalue weighted by Gasteiger charge is 2.62. The van der Waals surface area contributed by atoms with Crippen LogP contribution in [0.1, 0.15) is 67.2 Å². The van der Waals surface area contributed by atoms with Crippen molar-refractivity contribution in [3.8, 4) is 17.1 Å². The lowest BCUT2D eigenvalue weighted by Crippen LogP contribution is -2.60. The fraction of sp³-hybridized carbons (Fsp3) is 0.487. The molecule has 2 aliphatic carbocycles. The lowest BCUT2D eigenvalue weighted by atomic mass is 9.85. The molecule has 15 heteroatoms. The maximum atomic E-state index is 14.6. The van der Waals surface area contributed by atoms with Crippen molar-refractivity contribution in [2.45, 2.75) is 102 Å². The molecule has 3 N–H and O–H groups in total. The van der Waals surface area contributed by atoms with Crippen molar-refractivity contribution < 1.29 is 37.1 Å². The van der Waals surface area contributed by atoms with E-state index < -0.39 is 79.7 Å². The number of carbonyl (C=O) groups excluding carboxylic acids is 4. The molecule has 288 valence electrons. The molecular weight excluding hydrogens is 713 g/mol. The van der Waals surface area contributed by atoms with Crippen LogP contribution in [0, 0.1) is 11.3 Å². The van der Waals surface area contributed by atoms with Gasteiger partial charge in [0, 0.05) is 35.7 Å². The maximum absolute atomic E-state index is 14.6. The van der Waals surface area contributed by atoms with Crippen LogP contribution in [0.3, 0.4) is 0 Å². The van der Waals surface area contributed by atoms with Gasteiger partial charge in [0.05, 0.1) is 17.5 Å². The molecule has 0 radical (unpaired) electrons. The van der Waals surface area contributed by atoms with Crippen LogP contribution in [0.25, 0.3) is 22.0 Å². The summed E-state index contributed by atoms with van der Waals surface area (Å²) in [6.07, 6.45) is 4.34. The number of rotatable bonds is 11. The number of benzene rings is 1. The Hall–Kier alpha value is -5.05. The number of sulfonamides is 1. The number of alkyl carbamates (subject to hydrolysis) is 1. The fourth-order valence-corrected chi connectivity index (χ4v) is 8.08. The molecule has 6 rings (SSSR count). The zero-order valence-electron chi connectivity index (χ0n) is 31.4. The first-order chi connectivity index (χ1) is 25.3. The van der Waals surface area contributed by atoms with Crippen molar-refractivity contribution >= 4 is 44.6 Å². The highest BCUT2D eigenvalue weighted by atomic mass is 32.2. The van der Waals surface area contributed by atoms with Gasteiger partial charge < -0.3 is 25.0 Å². The highest BCUT2D eigenvalue weighted by molar-refractivity contribution is 7.91. The molecule has 4 amide bonds. The van der Waals surface area contributed by atoms with Crippen LogP contribution in [-0.4, -0.2) is 88.2 Å². The van der Waals surface area contributed by atoms with Gasteiger partial charge in [-0.15, -0.1) is 6.58 Å². The standard InChI is InChI=1S/C39H48N6O8S/c1-8-25-21-39(25,35(48)44-54(50,51)27-13-14-27)43-32(46)30-20-26(22-45(30)34(47)31(37(2,3)4)42-36(49)53-38(5,6)7)52-33-28-12-10-9-11-24(28)19-29(41-33)23-15-17-40-18-16-23/h8-12,15-19,25-27,30-31H,1,13-14,20-22H2,2-7H3,(H,42,49)(H,43,46)(H,44,48)/t25-,26-,30+,31-,39-/m1/s1. The second-order valence-corrected chi connectivity index (χ2v) is 18.3. The van der Waals surface area contributed by atoms with Gasteiger partial charge in [-0.25, -0.2) is 18.2 Å². The molecular formula is C39H48N6O8S. The van der Waals surface area contributed by atoms with Gasteiger partial charge in [-0.1, -0.05) is 45.0 Å². The van der Waals surface area contributed by atoms with Gasteiger partial charge in [-0.05, 0) is 75.1 Å². The number of pyridine rings is 2. The third-order valence-electron chi connectivity index (χ3n) is 9.83. The number of hydrogen-bond donors (Lipinski definition) is 3. The number of nitrogens with one attached hydrogen (secondary N) is 3. The molecule has 1 aromatic carbocycles. The van der Waals surface area contributed by atoms with Crippen LogP contribution in [-0.2, 0) is 29.1 Å². The van der Waals surface area contributed by atoms with E-state index in [1.54, 1.807) is 53.9 Å². The van der Waals surface area contributed by atoms with E-state index in [1.165, 1.54) is 11.0 Å². The minimum absolute atomic E-state index is 0.00714. The molecule has 0 unspecified atom stereocenters. The number of likely N-dealkylation sites (tertiary alicyclic amines) is 1. The van der Waals surface area contributed by atoms with E-state index in [0.717, 1.165) is 16.3 Å². The molecule has 1 saturated heterocycles. The van der Waals surface area contributed by atoms with Crippen molar-refractivity contribution in [1.29, 1.82) is 0 Å². The second kappa shape index (κ2) is 14.3. The first kappa shape index (κ1) is 38.7. The summed E-state index contributed by atoms with van der Waals surface area (Å²) >= 11 is 0. The number of nitrogens with zero attached hydrogens (tertiary/aromatic N) is 3.